The van der Waals surface area contributed by atoms with Crippen molar-refractivity contribution in [3.63, 3.8) is 0 Å². The fraction of sp³-hybridized carbons (Fsp3) is 0.333. The monoisotopic (exact) mass is 362 g/mol. The number of likely N-dealkylation sites (tertiary alicyclic amines) is 1. The molecule has 0 radical (unpaired) electrons. The van der Waals surface area contributed by atoms with Gasteiger partial charge in [-0.3, -0.25) is 4.79 Å². The van der Waals surface area contributed by atoms with Crippen LogP contribution in [0.2, 0.25) is 0 Å². The number of carbonyl (C=O) groups is 1. The van der Waals surface area contributed by atoms with Crippen molar-refractivity contribution in [1.29, 1.82) is 0 Å². The number of anilines is 2. The van der Waals surface area contributed by atoms with E-state index < -0.39 is 5.60 Å². The fourth-order valence-corrected chi connectivity index (χ4v) is 3.64. The predicted molar refractivity (Wildman–Crippen MR) is 104 cm³/mol. The fourth-order valence-electron chi connectivity index (χ4n) is 3.64. The SMILES string of the molecule is CN1CC[C@](O)(C#Cc2cccc(N3CCc4ccnc(N)c4C3)c2)C1=O. The average molecular weight is 362 g/mol. The van der Waals surface area contributed by atoms with Gasteiger partial charge >= 0.3 is 0 Å². The standard InChI is InChI=1S/C21H22N4O2/c1-24-12-9-21(27,20(24)26)8-5-15-3-2-4-17(13-15)25-11-7-16-6-10-23-19(22)18(16)14-25/h2-4,6,10,13,27H,7,9,11-12,14H2,1H3,(H2,22,23)/t21-/m1/s1. The molecule has 4 rings (SSSR count). The van der Waals surface area contributed by atoms with E-state index in [1.165, 1.54) is 10.5 Å². The molecule has 0 unspecified atom stereocenters. The summed E-state index contributed by atoms with van der Waals surface area (Å²) in [5, 5.41) is 10.5. The molecule has 0 spiro atoms. The van der Waals surface area contributed by atoms with Crippen molar-refractivity contribution in [1.82, 2.24) is 9.88 Å². The van der Waals surface area contributed by atoms with E-state index in [1.807, 2.05) is 30.3 Å². The normalized spacial score (nSPS) is 21.6. The Bertz CT molecular complexity index is 962. The van der Waals surface area contributed by atoms with Gasteiger partial charge in [0.15, 0.2) is 0 Å². The molecule has 0 saturated carbocycles. The highest BCUT2D eigenvalue weighted by Crippen LogP contribution is 2.27. The second-order valence-corrected chi connectivity index (χ2v) is 7.14. The summed E-state index contributed by atoms with van der Waals surface area (Å²) in [6.07, 6.45) is 3.01. The van der Waals surface area contributed by atoms with Crippen LogP contribution in [0.25, 0.3) is 0 Å². The number of carbonyl (C=O) groups excluding carboxylic acids is 1. The van der Waals surface area contributed by atoms with Crippen LogP contribution in [0.3, 0.4) is 0 Å². The third-order valence-corrected chi connectivity index (χ3v) is 5.32. The molecule has 3 N–H and O–H groups in total. The molecule has 1 fully saturated rings. The van der Waals surface area contributed by atoms with Gasteiger partial charge in [0, 0.05) is 56.1 Å². The topological polar surface area (TPSA) is 82.7 Å². The first-order valence-electron chi connectivity index (χ1n) is 9.05. The lowest BCUT2D eigenvalue weighted by atomic mass is 10.00. The van der Waals surface area contributed by atoms with Gasteiger partial charge in [0.25, 0.3) is 5.91 Å². The number of hydrogen-bond acceptors (Lipinski definition) is 5. The summed E-state index contributed by atoms with van der Waals surface area (Å²) < 4.78 is 0. The van der Waals surface area contributed by atoms with Gasteiger partial charge in [-0.05, 0) is 36.2 Å². The summed E-state index contributed by atoms with van der Waals surface area (Å²) in [5.74, 6) is 6.00. The maximum Gasteiger partial charge on any atom is 0.267 e. The number of fused-ring (bicyclic) bond motifs is 1. The van der Waals surface area contributed by atoms with E-state index in [9.17, 15) is 9.90 Å². The summed E-state index contributed by atoms with van der Waals surface area (Å²) in [6, 6.07) is 9.87. The van der Waals surface area contributed by atoms with Gasteiger partial charge in [-0.25, -0.2) is 4.98 Å². The van der Waals surface area contributed by atoms with Crippen LogP contribution in [0.4, 0.5) is 11.5 Å². The van der Waals surface area contributed by atoms with Gasteiger partial charge in [-0.15, -0.1) is 0 Å². The molecule has 1 saturated heterocycles. The molecule has 2 aromatic rings. The van der Waals surface area contributed by atoms with Crippen LogP contribution < -0.4 is 10.6 Å². The summed E-state index contributed by atoms with van der Waals surface area (Å²) in [4.78, 5) is 20.0. The highest BCUT2D eigenvalue weighted by atomic mass is 16.3. The lowest BCUT2D eigenvalue weighted by molar-refractivity contribution is -0.137. The van der Waals surface area contributed by atoms with Crippen molar-refractivity contribution in [2.75, 3.05) is 30.8 Å². The Hall–Kier alpha value is -3.04. The molecule has 1 amide bonds. The summed E-state index contributed by atoms with van der Waals surface area (Å²) in [5.41, 5.74) is 8.61. The minimum atomic E-state index is -1.57. The molecule has 1 aromatic carbocycles. The molecule has 6 heteroatoms. The number of nitrogen functional groups attached to an aromatic ring is 1. The number of nitrogens with two attached hydrogens (primary N) is 1. The number of likely N-dealkylation sites (N-methyl/N-ethyl adjacent to an activating group) is 1. The first kappa shape index (κ1) is 17.4. The first-order valence-corrected chi connectivity index (χ1v) is 9.05. The van der Waals surface area contributed by atoms with Crippen LogP contribution in [-0.4, -0.2) is 46.6 Å². The van der Waals surface area contributed by atoms with Gasteiger partial charge in [-0.1, -0.05) is 17.9 Å². The Balaban J connectivity index is 1.57. The van der Waals surface area contributed by atoms with Gasteiger partial charge in [0.2, 0.25) is 5.60 Å². The van der Waals surface area contributed by atoms with Crippen LogP contribution in [0, 0.1) is 11.8 Å². The second-order valence-electron chi connectivity index (χ2n) is 7.14. The highest BCUT2D eigenvalue weighted by Gasteiger charge is 2.42. The van der Waals surface area contributed by atoms with Crippen molar-refractivity contribution in [2.45, 2.75) is 25.0 Å². The zero-order valence-electron chi connectivity index (χ0n) is 15.3. The molecule has 138 valence electrons. The van der Waals surface area contributed by atoms with E-state index in [1.54, 1.807) is 13.2 Å². The van der Waals surface area contributed by atoms with E-state index in [0.29, 0.717) is 25.3 Å². The molecule has 2 aliphatic heterocycles. The molecule has 27 heavy (non-hydrogen) atoms. The number of benzene rings is 1. The van der Waals surface area contributed by atoms with Gasteiger partial charge < -0.3 is 20.6 Å². The second kappa shape index (κ2) is 6.60. The smallest absolute Gasteiger partial charge is 0.267 e. The maximum absolute atomic E-state index is 12.1. The Morgan fingerprint density at radius 1 is 1.30 bits per heavy atom. The number of aliphatic hydroxyl groups is 1. The minimum absolute atomic E-state index is 0.332. The third-order valence-electron chi connectivity index (χ3n) is 5.32. The average Bonchev–Trinajstić information content (AvgIpc) is 2.95. The van der Waals surface area contributed by atoms with Crippen molar-refractivity contribution < 1.29 is 9.90 Å². The number of amides is 1. The van der Waals surface area contributed by atoms with E-state index >= 15 is 0 Å². The minimum Gasteiger partial charge on any atom is -0.383 e. The predicted octanol–water partition coefficient (Wildman–Crippen LogP) is 1.17. The molecular weight excluding hydrogens is 340 g/mol. The Morgan fingerprint density at radius 2 is 2.15 bits per heavy atom. The molecular formula is C21H22N4O2. The van der Waals surface area contributed by atoms with Crippen LogP contribution >= 0.6 is 0 Å². The van der Waals surface area contributed by atoms with Crippen LogP contribution in [0.1, 0.15) is 23.1 Å². The maximum atomic E-state index is 12.1. The quantitative estimate of drug-likeness (QED) is 0.744. The third kappa shape index (κ3) is 3.22. The van der Waals surface area contributed by atoms with Gasteiger partial charge in [0.05, 0.1) is 0 Å². The molecule has 0 aliphatic carbocycles. The lowest BCUT2D eigenvalue weighted by Gasteiger charge is -2.31. The molecule has 1 aromatic heterocycles. The number of hydrogen-bond donors (Lipinski definition) is 2. The van der Waals surface area contributed by atoms with Gasteiger partial charge in [0.1, 0.15) is 5.82 Å². The zero-order chi connectivity index (χ0) is 19.0. The van der Waals surface area contributed by atoms with E-state index in [0.717, 1.165) is 29.8 Å². The Morgan fingerprint density at radius 3 is 2.93 bits per heavy atom. The van der Waals surface area contributed by atoms with Crippen molar-refractivity contribution in [3.8, 4) is 11.8 Å². The van der Waals surface area contributed by atoms with E-state index in [-0.39, 0.29) is 5.91 Å². The van der Waals surface area contributed by atoms with Crippen LogP contribution in [0.5, 0.6) is 0 Å². The van der Waals surface area contributed by atoms with Gasteiger partial charge in [-0.2, -0.15) is 0 Å². The Kier molecular flexibility index (Phi) is 4.25. The largest absolute Gasteiger partial charge is 0.383 e. The molecule has 3 heterocycles. The molecule has 1 atom stereocenters. The van der Waals surface area contributed by atoms with Crippen molar-refractivity contribution in [2.24, 2.45) is 0 Å². The van der Waals surface area contributed by atoms with Crippen molar-refractivity contribution >= 4 is 17.4 Å². The number of nitrogens with zero attached hydrogens (tertiary/aromatic N) is 3. The lowest BCUT2D eigenvalue weighted by Crippen LogP contribution is -2.37. The Labute approximate surface area is 158 Å². The van der Waals surface area contributed by atoms with Crippen molar-refractivity contribution in [3.05, 3.63) is 53.2 Å². The molecule has 6 nitrogen and oxygen atoms in total. The van der Waals surface area contributed by atoms with Crippen LogP contribution in [0.15, 0.2) is 36.5 Å². The molecule has 0 bridgehead atoms. The zero-order valence-corrected chi connectivity index (χ0v) is 15.3. The highest BCUT2D eigenvalue weighted by molar-refractivity contribution is 5.90. The summed E-state index contributed by atoms with van der Waals surface area (Å²) in [6.45, 7) is 2.12. The van der Waals surface area contributed by atoms with Crippen LogP contribution in [-0.2, 0) is 17.8 Å². The first-order chi connectivity index (χ1) is 13.0. The number of aromatic nitrogens is 1. The van der Waals surface area contributed by atoms with E-state index in [4.69, 9.17) is 5.73 Å². The number of pyridine rings is 1. The number of rotatable bonds is 1. The molecule has 2 aliphatic rings. The summed E-state index contributed by atoms with van der Waals surface area (Å²) >= 11 is 0. The summed E-state index contributed by atoms with van der Waals surface area (Å²) in [7, 11) is 1.68. The van der Waals surface area contributed by atoms with E-state index in [2.05, 4.69) is 21.7 Å².